The predicted molar refractivity (Wildman–Crippen MR) is 68.9 cm³/mol. The van der Waals surface area contributed by atoms with Gasteiger partial charge in [-0.3, -0.25) is 4.98 Å². The second kappa shape index (κ2) is 5.41. The molecule has 5 heteroatoms. The van der Waals surface area contributed by atoms with Crippen molar-refractivity contribution in [2.75, 3.05) is 0 Å². The summed E-state index contributed by atoms with van der Waals surface area (Å²) in [5.41, 5.74) is 1.00. The molecule has 0 spiro atoms. The number of pyridine rings is 2. The Balaban J connectivity index is 2.26. The third kappa shape index (κ3) is 2.80. The van der Waals surface area contributed by atoms with E-state index in [1.807, 2.05) is 18.2 Å². The molecule has 0 amide bonds. The number of halogens is 2. The maximum atomic E-state index is 5.65. The van der Waals surface area contributed by atoms with Crippen LogP contribution in [-0.4, -0.2) is 9.97 Å². The van der Waals surface area contributed by atoms with E-state index in [0.717, 1.165) is 10.0 Å². The number of hydrogen-bond acceptors (Lipinski definition) is 3. The average molecular weight is 344 g/mol. The van der Waals surface area contributed by atoms with Gasteiger partial charge in [-0.05, 0) is 28.1 Å². The lowest BCUT2D eigenvalue weighted by Gasteiger charge is -2.07. The Morgan fingerprint density at radius 3 is 2.94 bits per heavy atom. The molecule has 0 unspecified atom stereocenters. The quantitative estimate of drug-likeness (QED) is 0.792. The summed E-state index contributed by atoms with van der Waals surface area (Å²) >= 11 is 6.73. The highest BCUT2D eigenvalue weighted by Gasteiger charge is 2.05. The van der Waals surface area contributed by atoms with Crippen LogP contribution in [0, 0.1) is 0 Å². The zero-order valence-electron chi connectivity index (χ0n) is 8.23. The molecule has 16 heavy (non-hydrogen) atoms. The highest BCUT2D eigenvalue weighted by molar-refractivity contribution is 9.10. The summed E-state index contributed by atoms with van der Waals surface area (Å²) in [6.07, 6.45) is 5.06. The fraction of sp³-hybridized carbons (Fsp3) is 0.0909. The van der Waals surface area contributed by atoms with Crippen LogP contribution in [0.2, 0.25) is 0 Å². The van der Waals surface area contributed by atoms with Gasteiger partial charge in [0.05, 0.1) is 6.20 Å². The monoisotopic (exact) mass is 342 g/mol. The minimum atomic E-state index is 0.597. The molecule has 2 rings (SSSR count). The number of alkyl halides is 1. The van der Waals surface area contributed by atoms with Gasteiger partial charge in [0.25, 0.3) is 0 Å². The first-order chi connectivity index (χ1) is 7.79. The summed E-state index contributed by atoms with van der Waals surface area (Å²) in [5, 5.41) is 0.706. The topological polar surface area (TPSA) is 35.0 Å². The molecule has 0 aliphatic rings. The SMILES string of the molecule is BrCc1cccnc1Oc1cncc(Br)c1. The summed E-state index contributed by atoms with van der Waals surface area (Å²) < 4.78 is 6.52. The minimum absolute atomic E-state index is 0.597. The van der Waals surface area contributed by atoms with Gasteiger partial charge >= 0.3 is 0 Å². The van der Waals surface area contributed by atoms with Crippen molar-refractivity contribution in [2.45, 2.75) is 5.33 Å². The Labute approximate surface area is 110 Å². The van der Waals surface area contributed by atoms with Gasteiger partial charge in [0, 0.05) is 27.8 Å². The van der Waals surface area contributed by atoms with Crippen LogP contribution in [0.3, 0.4) is 0 Å². The Morgan fingerprint density at radius 2 is 2.19 bits per heavy atom. The molecule has 0 aromatic carbocycles. The average Bonchev–Trinajstić information content (AvgIpc) is 2.30. The molecule has 0 bridgehead atoms. The number of hydrogen-bond donors (Lipinski definition) is 0. The van der Waals surface area contributed by atoms with E-state index in [1.165, 1.54) is 0 Å². The summed E-state index contributed by atoms with van der Waals surface area (Å²) in [7, 11) is 0. The van der Waals surface area contributed by atoms with Crippen molar-refractivity contribution in [3.63, 3.8) is 0 Å². The third-order valence-electron chi connectivity index (χ3n) is 1.89. The van der Waals surface area contributed by atoms with E-state index < -0.39 is 0 Å². The number of ether oxygens (including phenoxy) is 1. The lowest BCUT2D eigenvalue weighted by atomic mass is 10.3. The van der Waals surface area contributed by atoms with Crippen LogP contribution in [0.1, 0.15) is 5.56 Å². The molecule has 0 saturated heterocycles. The zero-order valence-corrected chi connectivity index (χ0v) is 11.4. The molecular formula is C11H8Br2N2O. The first kappa shape index (κ1) is 11.5. The molecule has 0 aliphatic heterocycles. The zero-order chi connectivity index (χ0) is 11.4. The largest absolute Gasteiger partial charge is 0.437 e. The van der Waals surface area contributed by atoms with Gasteiger partial charge < -0.3 is 4.74 Å². The Hall–Kier alpha value is -0.940. The molecule has 2 heterocycles. The van der Waals surface area contributed by atoms with E-state index in [9.17, 15) is 0 Å². The molecule has 0 aliphatic carbocycles. The Bertz CT molecular complexity index is 491. The molecule has 0 N–H and O–H groups in total. The van der Waals surface area contributed by atoms with E-state index in [-0.39, 0.29) is 0 Å². The van der Waals surface area contributed by atoms with E-state index >= 15 is 0 Å². The maximum absolute atomic E-state index is 5.65. The number of aromatic nitrogens is 2. The molecule has 3 nitrogen and oxygen atoms in total. The molecule has 0 atom stereocenters. The van der Waals surface area contributed by atoms with Crippen molar-refractivity contribution in [1.82, 2.24) is 9.97 Å². The summed E-state index contributed by atoms with van der Waals surface area (Å²) in [5.74, 6) is 1.26. The lowest BCUT2D eigenvalue weighted by Crippen LogP contribution is -1.92. The molecule has 0 saturated carbocycles. The van der Waals surface area contributed by atoms with Crippen molar-refractivity contribution >= 4 is 31.9 Å². The van der Waals surface area contributed by atoms with E-state index in [2.05, 4.69) is 41.8 Å². The standard InChI is InChI=1S/C11H8Br2N2O/c12-5-8-2-1-3-15-11(8)16-10-4-9(13)6-14-7-10/h1-4,6-7H,5H2. The fourth-order valence-electron chi connectivity index (χ4n) is 1.18. The first-order valence-electron chi connectivity index (χ1n) is 4.58. The highest BCUT2D eigenvalue weighted by Crippen LogP contribution is 2.25. The van der Waals surface area contributed by atoms with Crippen LogP contribution in [0.15, 0.2) is 41.3 Å². The number of rotatable bonds is 3. The summed E-state index contributed by atoms with van der Waals surface area (Å²) in [6, 6.07) is 5.69. The van der Waals surface area contributed by atoms with E-state index in [1.54, 1.807) is 18.6 Å². The fourth-order valence-corrected chi connectivity index (χ4v) is 1.95. The van der Waals surface area contributed by atoms with Crippen LogP contribution in [0.5, 0.6) is 11.6 Å². The lowest BCUT2D eigenvalue weighted by molar-refractivity contribution is 0.456. The van der Waals surface area contributed by atoms with Crippen LogP contribution < -0.4 is 4.74 Å². The molecule has 0 fully saturated rings. The van der Waals surface area contributed by atoms with Crippen LogP contribution in [0.25, 0.3) is 0 Å². The third-order valence-corrected chi connectivity index (χ3v) is 2.93. The highest BCUT2D eigenvalue weighted by atomic mass is 79.9. The van der Waals surface area contributed by atoms with Gasteiger partial charge in [0.15, 0.2) is 0 Å². The normalized spacial score (nSPS) is 10.1. The maximum Gasteiger partial charge on any atom is 0.223 e. The van der Waals surface area contributed by atoms with Gasteiger partial charge in [-0.25, -0.2) is 4.98 Å². The summed E-state index contributed by atoms with van der Waals surface area (Å²) in [6.45, 7) is 0. The summed E-state index contributed by atoms with van der Waals surface area (Å²) in [4.78, 5) is 8.20. The Morgan fingerprint density at radius 1 is 1.31 bits per heavy atom. The van der Waals surface area contributed by atoms with Gasteiger partial charge in [0.2, 0.25) is 5.88 Å². The second-order valence-electron chi connectivity index (χ2n) is 3.04. The van der Waals surface area contributed by atoms with E-state index in [4.69, 9.17) is 4.74 Å². The Kier molecular flexibility index (Phi) is 3.90. The van der Waals surface area contributed by atoms with Crippen molar-refractivity contribution in [1.29, 1.82) is 0 Å². The van der Waals surface area contributed by atoms with Crippen molar-refractivity contribution in [3.05, 3.63) is 46.8 Å². The molecule has 2 aromatic heterocycles. The minimum Gasteiger partial charge on any atom is -0.437 e. The van der Waals surface area contributed by atoms with Crippen LogP contribution in [-0.2, 0) is 5.33 Å². The van der Waals surface area contributed by atoms with Crippen LogP contribution in [0.4, 0.5) is 0 Å². The van der Waals surface area contributed by atoms with Crippen molar-refractivity contribution in [3.8, 4) is 11.6 Å². The molecule has 82 valence electrons. The second-order valence-corrected chi connectivity index (χ2v) is 4.52. The van der Waals surface area contributed by atoms with Gasteiger partial charge in [-0.1, -0.05) is 22.0 Å². The molecule has 2 aromatic rings. The van der Waals surface area contributed by atoms with Gasteiger partial charge in [0.1, 0.15) is 5.75 Å². The molecule has 0 radical (unpaired) electrons. The van der Waals surface area contributed by atoms with Gasteiger partial charge in [-0.2, -0.15) is 0 Å². The van der Waals surface area contributed by atoms with Gasteiger partial charge in [-0.15, -0.1) is 0 Å². The molecular weight excluding hydrogens is 336 g/mol. The predicted octanol–water partition coefficient (Wildman–Crippen LogP) is 3.93. The van der Waals surface area contributed by atoms with Crippen LogP contribution >= 0.6 is 31.9 Å². The van der Waals surface area contributed by atoms with Crippen molar-refractivity contribution < 1.29 is 4.74 Å². The number of nitrogens with zero attached hydrogens (tertiary/aromatic N) is 2. The smallest absolute Gasteiger partial charge is 0.223 e. The van der Waals surface area contributed by atoms with Crippen molar-refractivity contribution in [2.24, 2.45) is 0 Å². The van der Waals surface area contributed by atoms with E-state index in [0.29, 0.717) is 17.0 Å². The first-order valence-corrected chi connectivity index (χ1v) is 6.49.